The van der Waals surface area contributed by atoms with Gasteiger partial charge in [0.1, 0.15) is 0 Å². The van der Waals surface area contributed by atoms with Crippen LogP contribution >= 0.6 is 0 Å². The molecule has 2 amide bonds. The normalized spacial score (nSPS) is 14.2. The van der Waals surface area contributed by atoms with Crippen LogP contribution in [-0.4, -0.2) is 33.5 Å². The summed E-state index contributed by atoms with van der Waals surface area (Å²) in [6.45, 7) is 10.9. The first-order valence-electron chi connectivity index (χ1n) is 8.13. The van der Waals surface area contributed by atoms with Gasteiger partial charge in [-0.1, -0.05) is 32.4 Å². The Morgan fingerprint density at radius 2 is 2.00 bits per heavy atom. The van der Waals surface area contributed by atoms with Crippen molar-refractivity contribution in [3.05, 3.63) is 29.8 Å². The summed E-state index contributed by atoms with van der Waals surface area (Å²) in [6, 6.07) is 7.48. The molecule has 130 valence electrons. The van der Waals surface area contributed by atoms with E-state index >= 15 is 0 Å². The number of carbonyl (C=O) groups excluding carboxylic acids is 1. The lowest BCUT2D eigenvalue weighted by molar-refractivity contribution is 0.215. The molecular formula is C18H30N2O2S. The second-order valence-electron chi connectivity index (χ2n) is 7.13. The number of hydrogen-bond acceptors (Lipinski definition) is 2. The minimum Gasteiger partial charge on any atom is -0.327 e. The van der Waals surface area contributed by atoms with Crippen molar-refractivity contribution in [2.24, 2.45) is 5.92 Å². The number of rotatable bonds is 6. The summed E-state index contributed by atoms with van der Waals surface area (Å²) in [4.78, 5) is 13.9. The molecule has 0 fully saturated rings. The van der Waals surface area contributed by atoms with Crippen molar-refractivity contribution in [1.82, 2.24) is 4.90 Å². The van der Waals surface area contributed by atoms with Crippen molar-refractivity contribution < 1.29 is 9.00 Å². The van der Waals surface area contributed by atoms with Gasteiger partial charge >= 0.3 is 6.03 Å². The van der Waals surface area contributed by atoms with Crippen LogP contribution < -0.4 is 5.32 Å². The summed E-state index contributed by atoms with van der Waals surface area (Å²) in [6.07, 6.45) is 1.05. The molecule has 0 aliphatic rings. The standard InChI is InChI=1S/C18H30N2O2S/c1-7-14(2)12-20(6)17(21)19-16-10-8-9-15(11-16)13-23(22)18(3,4)5/h8-11,14H,7,12-13H2,1-6H3,(H,19,21)/t14-,23+/m1/s1. The van der Waals surface area contributed by atoms with Gasteiger partial charge in [-0.2, -0.15) is 0 Å². The van der Waals surface area contributed by atoms with E-state index in [4.69, 9.17) is 0 Å². The van der Waals surface area contributed by atoms with Crippen LogP contribution in [0.2, 0.25) is 0 Å². The average Bonchev–Trinajstić information content (AvgIpc) is 2.46. The van der Waals surface area contributed by atoms with Gasteiger partial charge in [0.15, 0.2) is 0 Å². The molecular weight excluding hydrogens is 308 g/mol. The van der Waals surface area contributed by atoms with Gasteiger partial charge in [-0.05, 0) is 44.4 Å². The number of carbonyl (C=O) groups is 1. The van der Waals surface area contributed by atoms with Crippen LogP contribution in [0.25, 0.3) is 0 Å². The van der Waals surface area contributed by atoms with E-state index < -0.39 is 10.8 Å². The Hall–Kier alpha value is -1.36. The molecule has 0 spiro atoms. The molecule has 1 N–H and O–H groups in total. The van der Waals surface area contributed by atoms with E-state index in [0.717, 1.165) is 24.2 Å². The lowest BCUT2D eigenvalue weighted by Crippen LogP contribution is -2.34. The Kier molecular flexibility index (Phi) is 7.26. The fourth-order valence-electron chi connectivity index (χ4n) is 2.01. The van der Waals surface area contributed by atoms with Gasteiger partial charge < -0.3 is 10.2 Å². The molecule has 1 aromatic carbocycles. The van der Waals surface area contributed by atoms with E-state index in [-0.39, 0.29) is 10.8 Å². The van der Waals surface area contributed by atoms with Gasteiger partial charge in [-0.3, -0.25) is 4.21 Å². The maximum atomic E-state index is 12.2. The van der Waals surface area contributed by atoms with Crippen LogP contribution in [0.15, 0.2) is 24.3 Å². The van der Waals surface area contributed by atoms with Gasteiger partial charge in [0.25, 0.3) is 0 Å². The van der Waals surface area contributed by atoms with Crippen LogP contribution in [0.4, 0.5) is 10.5 Å². The van der Waals surface area contributed by atoms with Crippen LogP contribution in [0.1, 0.15) is 46.6 Å². The minimum absolute atomic E-state index is 0.112. The third-order valence-corrected chi connectivity index (χ3v) is 5.75. The lowest BCUT2D eigenvalue weighted by Gasteiger charge is -2.21. The highest BCUT2D eigenvalue weighted by Gasteiger charge is 2.19. The average molecular weight is 339 g/mol. The summed E-state index contributed by atoms with van der Waals surface area (Å²) in [5.74, 6) is 0.974. The SMILES string of the molecule is CC[C@@H](C)CN(C)C(=O)Nc1cccc(C[S@](=O)C(C)(C)C)c1. The zero-order valence-electron chi connectivity index (χ0n) is 15.2. The molecule has 4 nitrogen and oxygen atoms in total. The highest BCUT2D eigenvalue weighted by Crippen LogP contribution is 2.19. The first-order chi connectivity index (χ1) is 10.6. The summed E-state index contributed by atoms with van der Waals surface area (Å²) < 4.78 is 12.0. The van der Waals surface area contributed by atoms with Crippen molar-refractivity contribution in [2.75, 3.05) is 18.9 Å². The summed E-state index contributed by atoms with van der Waals surface area (Å²) in [7, 11) is 0.855. The highest BCUT2D eigenvalue weighted by atomic mass is 32.2. The number of nitrogens with one attached hydrogen (secondary N) is 1. The molecule has 5 heteroatoms. The number of amides is 2. The molecule has 23 heavy (non-hydrogen) atoms. The molecule has 0 radical (unpaired) electrons. The molecule has 0 aliphatic carbocycles. The van der Waals surface area contributed by atoms with Crippen LogP contribution in [-0.2, 0) is 16.6 Å². The van der Waals surface area contributed by atoms with E-state index in [1.54, 1.807) is 11.9 Å². The molecule has 0 aromatic heterocycles. The highest BCUT2D eigenvalue weighted by molar-refractivity contribution is 7.85. The molecule has 0 heterocycles. The predicted octanol–water partition coefficient (Wildman–Crippen LogP) is 4.24. The Labute approximate surface area is 143 Å². The molecule has 0 saturated carbocycles. The Morgan fingerprint density at radius 3 is 2.57 bits per heavy atom. The number of anilines is 1. The van der Waals surface area contributed by atoms with Crippen molar-refractivity contribution in [3.63, 3.8) is 0 Å². The number of hydrogen-bond donors (Lipinski definition) is 1. The molecule has 0 unspecified atom stereocenters. The summed E-state index contributed by atoms with van der Waals surface area (Å²) >= 11 is 0. The number of nitrogens with zero attached hydrogens (tertiary/aromatic N) is 1. The number of urea groups is 1. The Balaban J connectivity index is 2.70. The van der Waals surface area contributed by atoms with Gasteiger partial charge in [0, 0.05) is 40.6 Å². The topological polar surface area (TPSA) is 49.4 Å². The minimum atomic E-state index is -0.950. The van der Waals surface area contributed by atoms with Gasteiger partial charge in [0.2, 0.25) is 0 Å². The Bertz CT molecular complexity index is 552. The quantitative estimate of drug-likeness (QED) is 0.843. The van der Waals surface area contributed by atoms with E-state index in [2.05, 4.69) is 19.2 Å². The van der Waals surface area contributed by atoms with E-state index in [1.807, 2.05) is 45.0 Å². The zero-order chi connectivity index (χ0) is 17.6. The predicted molar refractivity (Wildman–Crippen MR) is 99.1 cm³/mol. The molecule has 0 bridgehead atoms. The molecule has 1 rings (SSSR count). The number of benzene rings is 1. The zero-order valence-corrected chi connectivity index (χ0v) is 16.0. The lowest BCUT2D eigenvalue weighted by atomic mass is 10.1. The Morgan fingerprint density at radius 1 is 1.35 bits per heavy atom. The van der Waals surface area contributed by atoms with Crippen molar-refractivity contribution >= 4 is 22.5 Å². The van der Waals surface area contributed by atoms with Gasteiger partial charge in [-0.25, -0.2) is 4.79 Å². The van der Waals surface area contributed by atoms with Gasteiger partial charge in [-0.15, -0.1) is 0 Å². The fraction of sp³-hybridized carbons (Fsp3) is 0.611. The van der Waals surface area contributed by atoms with Crippen molar-refractivity contribution in [3.8, 4) is 0 Å². The summed E-state index contributed by atoms with van der Waals surface area (Å²) in [5.41, 5.74) is 1.72. The van der Waals surface area contributed by atoms with Crippen molar-refractivity contribution in [1.29, 1.82) is 0 Å². The molecule has 2 atom stereocenters. The largest absolute Gasteiger partial charge is 0.327 e. The molecule has 1 aromatic rings. The first-order valence-corrected chi connectivity index (χ1v) is 9.45. The molecule has 0 aliphatic heterocycles. The van der Waals surface area contributed by atoms with Gasteiger partial charge in [0.05, 0.1) is 0 Å². The van der Waals surface area contributed by atoms with E-state index in [9.17, 15) is 9.00 Å². The fourth-order valence-corrected chi connectivity index (χ4v) is 2.92. The van der Waals surface area contributed by atoms with E-state index in [0.29, 0.717) is 11.7 Å². The van der Waals surface area contributed by atoms with E-state index in [1.165, 1.54) is 0 Å². The maximum Gasteiger partial charge on any atom is 0.321 e. The maximum absolute atomic E-state index is 12.2. The smallest absolute Gasteiger partial charge is 0.321 e. The van der Waals surface area contributed by atoms with Crippen LogP contribution in [0.3, 0.4) is 0 Å². The van der Waals surface area contributed by atoms with Crippen LogP contribution in [0.5, 0.6) is 0 Å². The third-order valence-electron chi connectivity index (χ3n) is 3.79. The monoisotopic (exact) mass is 338 g/mol. The van der Waals surface area contributed by atoms with Crippen LogP contribution in [0, 0.1) is 5.92 Å². The second-order valence-corrected chi connectivity index (χ2v) is 9.33. The molecule has 0 saturated heterocycles. The van der Waals surface area contributed by atoms with Crippen molar-refractivity contribution in [2.45, 2.75) is 51.5 Å². The summed E-state index contributed by atoms with van der Waals surface area (Å²) in [5, 5.41) is 2.91. The first kappa shape index (κ1) is 19.7. The third kappa shape index (κ3) is 6.73. The second kappa shape index (κ2) is 8.48.